The highest BCUT2D eigenvalue weighted by Gasteiger charge is 2.27. The van der Waals surface area contributed by atoms with Gasteiger partial charge in [-0.3, -0.25) is 4.79 Å². The zero-order chi connectivity index (χ0) is 15.4. The number of aliphatic carboxylic acids is 1. The third-order valence-corrected chi connectivity index (χ3v) is 4.52. The largest absolute Gasteiger partial charge is 0.481 e. The zero-order valence-corrected chi connectivity index (χ0v) is 14.2. The third-order valence-electron chi connectivity index (χ3n) is 4.52. The van der Waals surface area contributed by atoms with Gasteiger partial charge in [-0.25, -0.2) is 0 Å². The van der Waals surface area contributed by atoms with Gasteiger partial charge in [-0.2, -0.15) is 0 Å². The molecule has 0 rings (SSSR count). The van der Waals surface area contributed by atoms with Crippen LogP contribution >= 0.6 is 0 Å². The first-order valence-electron chi connectivity index (χ1n) is 8.79. The summed E-state index contributed by atoms with van der Waals surface area (Å²) in [6, 6.07) is 0. The minimum atomic E-state index is -0.577. The van der Waals surface area contributed by atoms with Gasteiger partial charge in [0.25, 0.3) is 0 Å². The lowest BCUT2D eigenvalue weighted by Crippen LogP contribution is -2.24. The Morgan fingerprint density at radius 1 is 0.900 bits per heavy atom. The molecule has 3 atom stereocenters. The summed E-state index contributed by atoms with van der Waals surface area (Å²) in [5, 5.41) is 9.54. The van der Waals surface area contributed by atoms with Crippen molar-refractivity contribution in [3.05, 3.63) is 0 Å². The second-order valence-electron chi connectivity index (χ2n) is 6.45. The first kappa shape index (κ1) is 19.5. The minimum absolute atomic E-state index is 0.139. The molecule has 0 heterocycles. The molecule has 0 aromatic carbocycles. The van der Waals surface area contributed by atoms with Crippen LogP contribution in [0.3, 0.4) is 0 Å². The minimum Gasteiger partial charge on any atom is -0.481 e. The van der Waals surface area contributed by atoms with Gasteiger partial charge in [0.1, 0.15) is 0 Å². The summed E-state index contributed by atoms with van der Waals surface area (Å²) in [4.78, 5) is 11.6. The fourth-order valence-corrected chi connectivity index (χ4v) is 3.13. The molecule has 0 aromatic rings. The molecule has 120 valence electrons. The molecule has 0 saturated heterocycles. The summed E-state index contributed by atoms with van der Waals surface area (Å²) in [5.74, 6) is 0.210. The molecule has 3 unspecified atom stereocenters. The molecule has 0 saturated carbocycles. The highest BCUT2D eigenvalue weighted by Crippen LogP contribution is 2.30. The van der Waals surface area contributed by atoms with Crippen molar-refractivity contribution in [2.75, 3.05) is 0 Å². The van der Waals surface area contributed by atoms with Gasteiger partial charge in [0.2, 0.25) is 0 Å². The van der Waals surface area contributed by atoms with Gasteiger partial charge < -0.3 is 5.11 Å². The molecule has 0 fully saturated rings. The van der Waals surface area contributed by atoms with Crippen molar-refractivity contribution in [3.8, 4) is 0 Å². The third kappa shape index (κ3) is 8.60. The van der Waals surface area contributed by atoms with Crippen LogP contribution in [0.4, 0.5) is 0 Å². The topological polar surface area (TPSA) is 37.3 Å². The SMILES string of the molecule is CCCCCC(C)C(CC(CCC)CCCC)C(=O)O. The highest BCUT2D eigenvalue weighted by molar-refractivity contribution is 5.70. The van der Waals surface area contributed by atoms with Crippen LogP contribution in [0.1, 0.15) is 91.9 Å². The molecule has 0 amide bonds. The van der Waals surface area contributed by atoms with E-state index >= 15 is 0 Å². The molecule has 0 aromatic heterocycles. The first-order chi connectivity index (χ1) is 9.56. The molecule has 0 aliphatic rings. The Hall–Kier alpha value is -0.530. The highest BCUT2D eigenvalue weighted by atomic mass is 16.4. The molecule has 0 spiro atoms. The lowest BCUT2D eigenvalue weighted by atomic mass is 9.80. The van der Waals surface area contributed by atoms with Crippen LogP contribution in [-0.2, 0) is 4.79 Å². The summed E-state index contributed by atoms with van der Waals surface area (Å²) in [5.41, 5.74) is 0. The first-order valence-corrected chi connectivity index (χ1v) is 8.79. The predicted octanol–water partition coefficient (Wildman–Crippen LogP) is 5.90. The molecule has 1 N–H and O–H groups in total. The van der Waals surface area contributed by atoms with Crippen LogP contribution in [0, 0.1) is 17.8 Å². The number of carbonyl (C=O) groups is 1. The standard InChI is InChI=1S/C18H36O2/c1-5-8-10-12-15(4)17(18(19)20)14-16(11-7-3)13-9-6-2/h15-17H,5-14H2,1-4H3,(H,19,20). The summed E-state index contributed by atoms with van der Waals surface area (Å²) in [7, 11) is 0. The number of hydrogen-bond acceptors (Lipinski definition) is 1. The van der Waals surface area contributed by atoms with E-state index in [9.17, 15) is 9.90 Å². The van der Waals surface area contributed by atoms with E-state index in [4.69, 9.17) is 0 Å². The maximum absolute atomic E-state index is 11.6. The Morgan fingerprint density at radius 2 is 1.55 bits per heavy atom. The van der Waals surface area contributed by atoms with E-state index in [2.05, 4.69) is 27.7 Å². The molecule has 0 aliphatic carbocycles. The number of carboxylic acid groups (broad SMARTS) is 1. The van der Waals surface area contributed by atoms with Crippen molar-refractivity contribution in [1.82, 2.24) is 0 Å². The maximum Gasteiger partial charge on any atom is 0.306 e. The Labute approximate surface area is 126 Å². The van der Waals surface area contributed by atoms with Gasteiger partial charge in [0, 0.05) is 0 Å². The second-order valence-corrected chi connectivity index (χ2v) is 6.45. The summed E-state index contributed by atoms with van der Waals surface area (Å²) in [6.07, 6.45) is 11.6. The Balaban J connectivity index is 4.42. The van der Waals surface area contributed by atoms with Crippen LogP contribution in [0.25, 0.3) is 0 Å². The predicted molar refractivity (Wildman–Crippen MR) is 87.0 cm³/mol. The van der Waals surface area contributed by atoms with Crippen LogP contribution < -0.4 is 0 Å². The van der Waals surface area contributed by atoms with Crippen LogP contribution in [0.5, 0.6) is 0 Å². The molecular formula is C18H36O2. The summed E-state index contributed by atoms with van der Waals surface area (Å²) < 4.78 is 0. The summed E-state index contributed by atoms with van der Waals surface area (Å²) in [6.45, 7) is 8.75. The maximum atomic E-state index is 11.6. The van der Waals surface area contributed by atoms with Gasteiger partial charge in [-0.15, -0.1) is 0 Å². The quantitative estimate of drug-likeness (QED) is 0.427. The van der Waals surface area contributed by atoms with Crippen LogP contribution in [0.15, 0.2) is 0 Å². The molecule has 2 nitrogen and oxygen atoms in total. The smallest absolute Gasteiger partial charge is 0.306 e. The van der Waals surface area contributed by atoms with E-state index < -0.39 is 5.97 Å². The number of hydrogen-bond donors (Lipinski definition) is 1. The molecule has 0 radical (unpaired) electrons. The van der Waals surface area contributed by atoms with E-state index in [1.807, 2.05) is 0 Å². The van der Waals surface area contributed by atoms with Crippen molar-refractivity contribution >= 4 is 5.97 Å². The van der Waals surface area contributed by atoms with E-state index in [0.29, 0.717) is 11.8 Å². The van der Waals surface area contributed by atoms with Gasteiger partial charge in [-0.1, -0.05) is 79.1 Å². The molecule has 2 heteroatoms. The molecule has 0 bridgehead atoms. The van der Waals surface area contributed by atoms with Gasteiger partial charge >= 0.3 is 5.97 Å². The Bertz CT molecular complexity index is 238. The lowest BCUT2D eigenvalue weighted by molar-refractivity contribution is -0.144. The van der Waals surface area contributed by atoms with Crippen molar-refractivity contribution in [1.29, 1.82) is 0 Å². The lowest BCUT2D eigenvalue weighted by Gasteiger charge is -2.25. The average molecular weight is 284 g/mol. The van der Waals surface area contributed by atoms with Gasteiger partial charge in [0.15, 0.2) is 0 Å². The van der Waals surface area contributed by atoms with E-state index in [1.54, 1.807) is 0 Å². The van der Waals surface area contributed by atoms with E-state index in [1.165, 1.54) is 51.4 Å². The van der Waals surface area contributed by atoms with Crippen molar-refractivity contribution < 1.29 is 9.90 Å². The molecular weight excluding hydrogens is 248 g/mol. The van der Waals surface area contributed by atoms with Crippen molar-refractivity contribution in [3.63, 3.8) is 0 Å². The van der Waals surface area contributed by atoms with Crippen molar-refractivity contribution in [2.24, 2.45) is 17.8 Å². The molecule has 20 heavy (non-hydrogen) atoms. The van der Waals surface area contributed by atoms with Crippen LogP contribution in [0.2, 0.25) is 0 Å². The van der Waals surface area contributed by atoms with Gasteiger partial charge in [-0.05, 0) is 24.7 Å². The number of carboxylic acids is 1. The Morgan fingerprint density at radius 3 is 2.05 bits per heavy atom. The second kappa shape index (κ2) is 12.2. The summed E-state index contributed by atoms with van der Waals surface area (Å²) >= 11 is 0. The van der Waals surface area contributed by atoms with E-state index in [-0.39, 0.29) is 5.92 Å². The number of unbranched alkanes of at least 4 members (excludes halogenated alkanes) is 3. The monoisotopic (exact) mass is 284 g/mol. The zero-order valence-electron chi connectivity index (χ0n) is 14.2. The fraction of sp³-hybridized carbons (Fsp3) is 0.944. The normalized spacial score (nSPS) is 15.8. The Kier molecular flexibility index (Phi) is 11.9. The average Bonchev–Trinajstić information content (AvgIpc) is 2.41. The number of rotatable bonds is 13. The van der Waals surface area contributed by atoms with Crippen LogP contribution in [-0.4, -0.2) is 11.1 Å². The van der Waals surface area contributed by atoms with Crippen molar-refractivity contribution in [2.45, 2.75) is 91.9 Å². The fourth-order valence-electron chi connectivity index (χ4n) is 3.13. The molecule has 0 aliphatic heterocycles. The van der Waals surface area contributed by atoms with E-state index in [0.717, 1.165) is 12.8 Å². The van der Waals surface area contributed by atoms with Gasteiger partial charge in [0.05, 0.1) is 5.92 Å².